The van der Waals surface area contributed by atoms with Crippen LogP contribution in [0.25, 0.3) is 10.9 Å². The number of carboxylic acid groups (broad SMARTS) is 1. The summed E-state index contributed by atoms with van der Waals surface area (Å²) in [4.78, 5) is 14.5. The van der Waals surface area contributed by atoms with E-state index in [1.54, 1.807) is 18.2 Å². The Labute approximate surface area is 143 Å². The molecular weight excluding hydrogens is 320 g/mol. The van der Waals surface area contributed by atoms with Gasteiger partial charge in [-0.05, 0) is 48.3 Å². The number of carboxylic acids is 1. The van der Waals surface area contributed by atoms with Gasteiger partial charge in [0.2, 0.25) is 0 Å². The number of H-pyrrole nitrogens is 1. The maximum absolute atomic E-state index is 11.5. The fourth-order valence-corrected chi connectivity index (χ4v) is 3.43. The average molecular weight is 344 g/mol. The molecule has 5 nitrogen and oxygen atoms in total. The van der Waals surface area contributed by atoms with Gasteiger partial charge in [-0.2, -0.15) is 5.26 Å². The van der Waals surface area contributed by atoms with E-state index in [0.717, 1.165) is 10.9 Å². The number of nitriles is 1. The van der Waals surface area contributed by atoms with Gasteiger partial charge in [-0.25, -0.2) is 4.79 Å². The zero-order valence-electron chi connectivity index (χ0n) is 14.9. The molecule has 2 rings (SSSR count). The topological polar surface area (TPSA) is 86.1 Å². The van der Waals surface area contributed by atoms with Gasteiger partial charge in [-0.3, -0.25) is 0 Å². The number of nitrogens with zero attached hydrogens (tertiary/aromatic N) is 1. The summed E-state index contributed by atoms with van der Waals surface area (Å²) in [7, 11) is -1.88. The van der Waals surface area contributed by atoms with Crippen LogP contribution in [0, 0.1) is 11.3 Å². The molecule has 0 saturated carbocycles. The number of hydrogen-bond acceptors (Lipinski definition) is 3. The molecule has 0 unspecified atom stereocenters. The Bertz CT molecular complexity index is 810. The molecule has 0 bridgehead atoms. The van der Waals surface area contributed by atoms with Crippen molar-refractivity contribution in [2.75, 3.05) is 6.61 Å². The number of aromatic nitrogens is 1. The summed E-state index contributed by atoms with van der Waals surface area (Å²) in [5.74, 6) is -0.993. The van der Waals surface area contributed by atoms with E-state index in [-0.39, 0.29) is 10.7 Å². The van der Waals surface area contributed by atoms with E-state index in [2.05, 4.69) is 44.9 Å². The quantitative estimate of drug-likeness (QED) is 0.792. The first kappa shape index (κ1) is 18.2. The summed E-state index contributed by atoms with van der Waals surface area (Å²) in [6.07, 6.45) is 0.503. The molecule has 0 radical (unpaired) electrons. The second-order valence-electron chi connectivity index (χ2n) is 7.51. The Morgan fingerprint density at radius 2 is 2.04 bits per heavy atom. The number of nitrogens with one attached hydrogen (secondary N) is 1. The first-order valence-electron chi connectivity index (χ1n) is 7.99. The Balaban J connectivity index is 2.32. The maximum atomic E-state index is 11.5. The van der Waals surface area contributed by atoms with Crippen LogP contribution in [0.2, 0.25) is 18.1 Å². The number of carbonyl (C=O) groups is 1. The highest BCUT2D eigenvalue weighted by atomic mass is 28.4. The van der Waals surface area contributed by atoms with Crippen LogP contribution in [0.5, 0.6) is 0 Å². The normalized spacial score (nSPS) is 12.3. The average Bonchev–Trinajstić information content (AvgIpc) is 2.84. The predicted molar refractivity (Wildman–Crippen MR) is 96.8 cm³/mol. The minimum Gasteiger partial charge on any atom is -0.477 e. The molecule has 2 aromatic rings. The molecule has 0 fully saturated rings. The van der Waals surface area contributed by atoms with Gasteiger partial charge in [-0.1, -0.05) is 20.8 Å². The second kappa shape index (κ2) is 6.42. The highest BCUT2D eigenvalue weighted by molar-refractivity contribution is 6.74. The Morgan fingerprint density at radius 3 is 2.58 bits per heavy atom. The molecule has 0 spiro atoms. The molecule has 0 atom stereocenters. The van der Waals surface area contributed by atoms with Gasteiger partial charge in [0.05, 0.1) is 11.6 Å². The van der Waals surface area contributed by atoms with Gasteiger partial charge in [0.15, 0.2) is 8.32 Å². The lowest BCUT2D eigenvalue weighted by Gasteiger charge is -2.36. The van der Waals surface area contributed by atoms with Crippen LogP contribution in [0.15, 0.2) is 18.2 Å². The van der Waals surface area contributed by atoms with Crippen LogP contribution in [-0.2, 0) is 10.8 Å². The van der Waals surface area contributed by atoms with E-state index in [0.29, 0.717) is 24.2 Å². The number of benzene rings is 1. The Hall–Kier alpha value is -2.10. The zero-order chi connectivity index (χ0) is 18.1. The lowest BCUT2D eigenvalue weighted by molar-refractivity contribution is 0.0690. The third kappa shape index (κ3) is 3.52. The molecule has 0 aliphatic rings. The van der Waals surface area contributed by atoms with Gasteiger partial charge in [0.25, 0.3) is 0 Å². The molecule has 1 aromatic carbocycles. The number of aromatic carboxylic acids is 1. The van der Waals surface area contributed by atoms with Crippen molar-refractivity contribution in [3.63, 3.8) is 0 Å². The summed E-state index contributed by atoms with van der Waals surface area (Å²) in [6, 6.07) is 7.26. The van der Waals surface area contributed by atoms with Crippen molar-refractivity contribution in [2.24, 2.45) is 0 Å². The summed E-state index contributed by atoms with van der Waals surface area (Å²) in [5, 5.41) is 19.4. The number of hydrogen-bond donors (Lipinski definition) is 2. The predicted octanol–water partition coefficient (Wildman–Crippen LogP) is 4.30. The maximum Gasteiger partial charge on any atom is 0.352 e. The van der Waals surface area contributed by atoms with Crippen molar-refractivity contribution < 1.29 is 14.3 Å². The van der Waals surface area contributed by atoms with Crippen molar-refractivity contribution in [1.82, 2.24) is 4.98 Å². The molecule has 1 heterocycles. The van der Waals surface area contributed by atoms with Gasteiger partial charge < -0.3 is 14.5 Å². The summed E-state index contributed by atoms with van der Waals surface area (Å²) in [6.45, 7) is 11.3. The van der Waals surface area contributed by atoms with Crippen LogP contribution in [0.4, 0.5) is 0 Å². The molecule has 0 amide bonds. The molecule has 128 valence electrons. The first-order valence-corrected chi connectivity index (χ1v) is 10.9. The molecule has 2 N–H and O–H groups in total. The minimum absolute atomic E-state index is 0.108. The monoisotopic (exact) mass is 344 g/mol. The van der Waals surface area contributed by atoms with E-state index >= 15 is 0 Å². The molecule has 6 heteroatoms. The van der Waals surface area contributed by atoms with E-state index in [9.17, 15) is 9.90 Å². The highest BCUT2D eigenvalue weighted by Crippen LogP contribution is 2.36. The van der Waals surface area contributed by atoms with Crippen molar-refractivity contribution in [2.45, 2.75) is 45.3 Å². The fraction of sp³-hybridized carbons (Fsp3) is 0.444. The lowest BCUT2D eigenvalue weighted by Crippen LogP contribution is -2.41. The molecule has 1 aromatic heterocycles. The third-order valence-corrected chi connectivity index (χ3v) is 9.41. The zero-order valence-corrected chi connectivity index (χ0v) is 15.9. The van der Waals surface area contributed by atoms with E-state index in [4.69, 9.17) is 9.69 Å². The number of aromatic amines is 1. The Kier molecular flexibility index (Phi) is 4.88. The SMILES string of the molecule is CC(C)(C)[Si](C)(C)OCCc1c(C(=O)O)[nH]c2ccc(C#N)cc12. The number of fused-ring (bicyclic) bond motifs is 1. The summed E-state index contributed by atoms with van der Waals surface area (Å²) < 4.78 is 6.17. The lowest BCUT2D eigenvalue weighted by atomic mass is 10.1. The highest BCUT2D eigenvalue weighted by Gasteiger charge is 2.37. The second-order valence-corrected chi connectivity index (χ2v) is 12.3. The molecule has 24 heavy (non-hydrogen) atoms. The van der Waals surface area contributed by atoms with Crippen LogP contribution >= 0.6 is 0 Å². The van der Waals surface area contributed by atoms with Crippen LogP contribution in [-0.4, -0.2) is 31.0 Å². The van der Waals surface area contributed by atoms with Crippen molar-refractivity contribution in [3.8, 4) is 6.07 Å². The van der Waals surface area contributed by atoms with E-state index in [1.165, 1.54) is 0 Å². The van der Waals surface area contributed by atoms with Gasteiger partial charge in [0.1, 0.15) is 5.69 Å². The van der Waals surface area contributed by atoms with Crippen molar-refractivity contribution in [3.05, 3.63) is 35.0 Å². The van der Waals surface area contributed by atoms with Crippen LogP contribution < -0.4 is 0 Å². The van der Waals surface area contributed by atoms with Gasteiger partial charge >= 0.3 is 5.97 Å². The Morgan fingerprint density at radius 1 is 1.38 bits per heavy atom. The van der Waals surface area contributed by atoms with Crippen LogP contribution in [0.1, 0.15) is 42.4 Å². The number of rotatable bonds is 5. The van der Waals surface area contributed by atoms with Crippen molar-refractivity contribution >= 4 is 25.2 Å². The smallest absolute Gasteiger partial charge is 0.352 e. The fourth-order valence-electron chi connectivity index (χ4n) is 2.38. The largest absolute Gasteiger partial charge is 0.477 e. The summed E-state index contributed by atoms with van der Waals surface area (Å²) in [5.41, 5.74) is 2.13. The van der Waals surface area contributed by atoms with E-state index < -0.39 is 14.3 Å². The van der Waals surface area contributed by atoms with Crippen molar-refractivity contribution in [1.29, 1.82) is 5.26 Å². The standard InChI is InChI=1S/C18H24N2O3Si/c1-18(2,3)24(4,5)23-9-8-13-14-10-12(11-19)6-7-15(14)20-16(13)17(21)22/h6-7,10,20H,8-9H2,1-5H3,(H,21,22). The van der Waals surface area contributed by atoms with Gasteiger partial charge in [-0.15, -0.1) is 0 Å². The first-order chi connectivity index (χ1) is 11.1. The minimum atomic E-state index is -1.88. The third-order valence-electron chi connectivity index (χ3n) is 4.87. The molecule has 0 aliphatic carbocycles. The van der Waals surface area contributed by atoms with Crippen LogP contribution in [0.3, 0.4) is 0 Å². The molecular formula is C18H24N2O3Si. The van der Waals surface area contributed by atoms with E-state index in [1.807, 2.05) is 0 Å². The molecule has 0 aliphatic heterocycles. The summed E-state index contributed by atoms with van der Waals surface area (Å²) >= 11 is 0. The molecule has 0 saturated heterocycles. The van der Waals surface area contributed by atoms with Gasteiger partial charge in [0, 0.05) is 17.5 Å².